The van der Waals surface area contributed by atoms with Crippen LogP contribution in [0.25, 0.3) is 10.8 Å². The number of aliphatic hydroxyl groups is 2. The Morgan fingerprint density at radius 3 is 2.40 bits per heavy atom. The lowest BCUT2D eigenvalue weighted by Crippen LogP contribution is -2.47. The number of urea groups is 1. The van der Waals surface area contributed by atoms with Crippen LogP contribution in [0.4, 0.5) is 24.2 Å². The summed E-state index contributed by atoms with van der Waals surface area (Å²) in [5, 5.41) is 27.2. The SMILES string of the molecule is CN(C(=O)NCc1cccc(F)c1Cl)[C@@H](CCCN(CC(C)(C)O)CC(C)(C)O)COC(=O)Nc1cc2cc(F)ccc2cn1. The molecular weight excluding hydrogens is 608 g/mol. The lowest BCUT2D eigenvalue weighted by atomic mass is 10.0. The third kappa shape index (κ3) is 12.0. The third-order valence-electron chi connectivity index (χ3n) is 6.88. The Labute approximate surface area is 267 Å². The normalized spacial score (nSPS) is 12.7. The molecule has 45 heavy (non-hydrogen) atoms. The van der Waals surface area contributed by atoms with Gasteiger partial charge in [0.2, 0.25) is 0 Å². The highest BCUT2D eigenvalue weighted by Crippen LogP contribution is 2.21. The molecule has 3 amide bonds. The Kier molecular flexibility index (Phi) is 12.5. The van der Waals surface area contributed by atoms with Crippen molar-refractivity contribution in [2.24, 2.45) is 0 Å². The van der Waals surface area contributed by atoms with Crippen molar-refractivity contribution in [2.75, 3.05) is 38.6 Å². The van der Waals surface area contributed by atoms with Crippen LogP contribution in [0, 0.1) is 11.6 Å². The number of anilines is 1. The molecule has 3 rings (SSSR count). The number of rotatable bonds is 14. The standard InChI is InChI=1S/C32H42ClF2N5O5/c1-31(2,43)19-40(20-32(3,4)44)13-7-9-25(39(5)29(41)37-17-22-8-6-10-26(35)28(22)33)18-45-30(42)38-27-15-23-14-24(34)12-11-21(23)16-36-27/h6,8,10-12,14-16,25,43-44H,7,9,13,17-20H2,1-5H3,(H,37,41)(H,36,38,42)/t25-/m0/s1. The minimum absolute atomic E-state index is 0.0208. The van der Waals surface area contributed by atoms with Gasteiger partial charge in [-0.2, -0.15) is 0 Å². The summed E-state index contributed by atoms with van der Waals surface area (Å²) in [5.41, 5.74) is -1.59. The van der Waals surface area contributed by atoms with Gasteiger partial charge >= 0.3 is 12.1 Å². The number of benzene rings is 2. The van der Waals surface area contributed by atoms with Crippen LogP contribution in [0.5, 0.6) is 0 Å². The Hall–Kier alpha value is -3.58. The first-order valence-corrected chi connectivity index (χ1v) is 15.0. The second kappa shape index (κ2) is 15.6. The van der Waals surface area contributed by atoms with E-state index in [1.807, 2.05) is 4.90 Å². The molecule has 0 aliphatic rings. The van der Waals surface area contributed by atoms with Gasteiger partial charge in [-0.3, -0.25) is 10.2 Å². The predicted molar refractivity (Wildman–Crippen MR) is 170 cm³/mol. The molecule has 246 valence electrons. The fourth-order valence-corrected chi connectivity index (χ4v) is 5.08. The Morgan fingerprint density at radius 2 is 1.73 bits per heavy atom. The maximum absolute atomic E-state index is 13.9. The van der Waals surface area contributed by atoms with E-state index in [0.29, 0.717) is 48.8 Å². The van der Waals surface area contributed by atoms with E-state index in [1.165, 1.54) is 41.4 Å². The van der Waals surface area contributed by atoms with E-state index in [4.69, 9.17) is 16.3 Å². The van der Waals surface area contributed by atoms with E-state index in [1.54, 1.807) is 46.9 Å². The number of ether oxygens (including phenoxy) is 1. The molecule has 1 heterocycles. The average molecular weight is 650 g/mol. The van der Waals surface area contributed by atoms with Gasteiger partial charge in [0.15, 0.2) is 0 Å². The van der Waals surface area contributed by atoms with Gasteiger partial charge in [0.1, 0.15) is 24.1 Å². The van der Waals surface area contributed by atoms with Crippen LogP contribution in [-0.2, 0) is 11.3 Å². The summed E-state index contributed by atoms with van der Waals surface area (Å²) in [7, 11) is 1.55. The molecule has 0 aliphatic carbocycles. The van der Waals surface area contributed by atoms with Gasteiger partial charge in [-0.05, 0) is 88.4 Å². The van der Waals surface area contributed by atoms with E-state index in [2.05, 4.69) is 15.6 Å². The van der Waals surface area contributed by atoms with Crippen LogP contribution in [-0.4, -0.2) is 87.7 Å². The molecule has 0 saturated heterocycles. The van der Waals surface area contributed by atoms with Gasteiger partial charge in [-0.25, -0.2) is 23.4 Å². The summed E-state index contributed by atoms with van der Waals surface area (Å²) in [6.07, 6.45) is 1.63. The molecule has 10 nitrogen and oxygen atoms in total. The second-order valence-corrected chi connectivity index (χ2v) is 12.8. The molecule has 1 atom stereocenters. The van der Waals surface area contributed by atoms with Gasteiger partial charge in [0, 0.05) is 38.3 Å². The van der Waals surface area contributed by atoms with Crippen LogP contribution in [0.3, 0.4) is 0 Å². The first-order chi connectivity index (χ1) is 21.0. The van der Waals surface area contributed by atoms with E-state index in [-0.39, 0.29) is 24.0 Å². The predicted octanol–water partition coefficient (Wildman–Crippen LogP) is 5.55. The number of fused-ring (bicyclic) bond motifs is 1. The summed E-state index contributed by atoms with van der Waals surface area (Å²) in [6.45, 7) is 7.66. The molecule has 0 saturated carbocycles. The Bertz CT molecular complexity index is 1450. The fraction of sp³-hybridized carbons (Fsp3) is 0.469. The number of carbonyl (C=O) groups excluding carboxylic acids is 2. The molecule has 13 heteroatoms. The number of carbonyl (C=O) groups is 2. The van der Waals surface area contributed by atoms with Crippen molar-refractivity contribution in [3.8, 4) is 0 Å². The summed E-state index contributed by atoms with van der Waals surface area (Å²) < 4.78 is 33.0. The zero-order valence-electron chi connectivity index (χ0n) is 26.2. The molecule has 0 bridgehead atoms. The smallest absolute Gasteiger partial charge is 0.412 e. The van der Waals surface area contributed by atoms with Crippen molar-refractivity contribution in [3.05, 3.63) is 70.9 Å². The number of halogens is 3. The molecule has 3 aromatic rings. The van der Waals surface area contributed by atoms with Crippen molar-refractivity contribution in [2.45, 2.75) is 64.3 Å². The van der Waals surface area contributed by atoms with Crippen molar-refractivity contribution in [1.29, 1.82) is 0 Å². The average Bonchev–Trinajstić information content (AvgIpc) is 2.93. The zero-order chi connectivity index (χ0) is 33.4. The van der Waals surface area contributed by atoms with Crippen LogP contribution < -0.4 is 10.6 Å². The molecular formula is C32H42ClF2N5O5. The van der Waals surface area contributed by atoms with Crippen LogP contribution in [0.15, 0.2) is 48.7 Å². The number of pyridine rings is 1. The van der Waals surface area contributed by atoms with Gasteiger partial charge in [0.05, 0.1) is 22.3 Å². The molecule has 0 aliphatic heterocycles. The lowest BCUT2D eigenvalue weighted by molar-refractivity contribution is -0.00861. The Morgan fingerprint density at radius 1 is 1.04 bits per heavy atom. The molecule has 2 aromatic carbocycles. The van der Waals surface area contributed by atoms with Gasteiger partial charge in [-0.15, -0.1) is 0 Å². The van der Waals surface area contributed by atoms with E-state index in [0.717, 1.165) is 0 Å². The highest BCUT2D eigenvalue weighted by atomic mass is 35.5. The maximum atomic E-state index is 13.9. The number of nitrogens with one attached hydrogen (secondary N) is 2. The summed E-state index contributed by atoms with van der Waals surface area (Å²) >= 11 is 6.03. The second-order valence-electron chi connectivity index (χ2n) is 12.4. The van der Waals surface area contributed by atoms with Crippen LogP contribution >= 0.6 is 11.6 Å². The number of amides is 3. The minimum Gasteiger partial charge on any atom is -0.447 e. The van der Waals surface area contributed by atoms with E-state index < -0.39 is 41.0 Å². The summed E-state index contributed by atoms with van der Waals surface area (Å²) in [5.74, 6) is -0.849. The first kappa shape index (κ1) is 35.9. The monoisotopic (exact) mass is 649 g/mol. The number of likely N-dealkylation sites (N-methyl/N-ethyl adjacent to an activating group) is 1. The quantitative estimate of drug-likeness (QED) is 0.180. The minimum atomic E-state index is -0.997. The first-order valence-electron chi connectivity index (χ1n) is 14.6. The number of aromatic nitrogens is 1. The Balaban J connectivity index is 1.68. The topological polar surface area (TPSA) is 127 Å². The fourth-order valence-electron chi connectivity index (χ4n) is 4.89. The highest BCUT2D eigenvalue weighted by molar-refractivity contribution is 6.31. The molecule has 0 spiro atoms. The number of hydrogen-bond acceptors (Lipinski definition) is 7. The maximum Gasteiger partial charge on any atom is 0.412 e. The third-order valence-corrected chi connectivity index (χ3v) is 7.31. The zero-order valence-corrected chi connectivity index (χ0v) is 27.0. The van der Waals surface area contributed by atoms with Crippen molar-refractivity contribution >= 4 is 40.3 Å². The van der Waals surface area contributed by atoms with Crippen LogP contribution in [0.1, 0.15) is 46.1 Å². The van der Waals surface area contributed by atoms with E-state index in [9.17, 15) is 28.6 Å². The van der Waals surface area contributed by atoms with Gasteiger partial charge in [-0.1, -0.05) is 23.7 Å². The number of hydrogen-bond donors (Lipinski definition) is 4. The van der Waals surface area contributed by atoms with Crippen molar-refractivity contribution in [3.63, 3.8) is 0 Å². The van der Waals surface area contributed by atoms with Crippen molar-refractivity contribution in [1.82, 2.24) is 20.1 Å². The largest absolute Gasteiger partial charge is 0.447 e. The van der Waals surface area contributed by atoms with Crippen LogP contribution in [0.2, 0.25) is 5.02 Å². The molecule has 1 aromatic heterocycles. The summed E-state index contributed by atoms with van der Waals surface area (Å²) in [6, 6.07) is 9.00. The van der Waals surface area contributed by atoms with Gasteiger partial charge in [0.25, 0.3) is 0 Å². The van der Waals surface area contributed by atoms with Crippen molar-refractivity contribution < 1.29 is 33.3 Å². The number of nitrogens with zero attached hydrogens (tertiary/aromatic N) is 3. The summed E-state index contributed by atoms with van der Waals surface area (Å²) in [4.78, 5) is 33.3. The molecule has 4 N–H and O–H groups in total. The van der Waals surface area contributed by atoms with Gasteiger partial charge < -0.3 is 25.2 Å². The lowest BCUT2D eigenvalue weighted by Gasteiger charge is -2.34. The molecule has 0 radical (unpaired) electrons. The molecule has 0 fully saturated rings. The molecule has 0 unspecified atom stereocenters. The van der Waals surface area contributed by atoms with E-state index >= 15 is 0 Å². The highest BCUT2D eigenvalue weighted by Gasteiger charge is 2.26.